The Morgan fingerprint density at radius 1 is 1.09 bits per heavy atom. The van der Waals surface area contributed by atoms with Crippen molar-refractivity contribution in [3.63, 3.8) is 0 Å². The molecule has 1 unspecified atom stereocenters. The Labute approximate surface area is 208 Å². The van der Waals surface area contributed by atoms with Gasteiger partial charge in [-0.3, -0.25) is 14.7 Å². The molecule has 2 aromatic carbocycles. The molecule has 0 bridgehead atoms. The standard InChI is InChI=1S/C29H36N4O2/c1-3-14-33(24-11-9-22-10-12-25(35-2)20-23(22)19-24)29(34)21-31-15-17-32(18-16-31)28-8-4-7-27-26(28)6-5-13-30-27/h4-8,10,12-13,20,24H,3,9,11,14-19,21H2,1-2H3. The fraction of sp³-hybridized carbons (Fsp3) is 0.448. The van der Waals surface area contributed by atoms with Gasteiger partial charge in [-0.05, 0) is 73.2 Å². The Balaban J connectivity index is 1.21. The number of carbonyl (C=O) groups excluding carboxylic acids is 1. The first-order valence-corrected chi connectivity index (χ1v) is 12.9. The first-order chi connectivity index (χ1) is 17.2. The van der Waals surface area contributed by atoms with E-state index >= 15 is 0 Å². The molecule has 184 valence electrons. The highest BCUT2D eigenvalue weighted by atomic mass is 16.5. The Morgan fingerprint density at radius 2 is 1.94 bits per heavy atom. The van der Waals surface area contributed by atoms with Gasteiger partial charge in [0.15, 0.2) is 0 Å². The van der Waals surface area contributed by atoms with Crippen molar-refractivity contribution >= 4 is 22.5 Å². The van der Waals surface area contributed by atoms with Crippen LogP contribution in [-0.4, -0.2) is 73.1 Å². The van der Waals surface area contributed by atoms with Gasteiger partial charge in [0.05, 0.1) is 19.2 Å². The number of aromatic nitrogens is 1. The maximum Gasteiger partial charge on any atom is 0.237 e. The van der Waals surface area contributed by atoms with Crippen molar-refractivity contribution < 1.29 is 9.53 Å². The van der Waals surface area contributed by atoms with Crippen LogP contribution in [0.3, 0.4) is 0 Å². The summed E-state index contributed by atoms with van der Waals surface area (Å²) in [6.07, 6.45) is 5.81. The Bertz CT molecular complexity index is 1170. The number of amides is 1. The number of anilines is 1. The van der Waals surface area contributed by atoms with Gasteiger partial charge >= 0.3 is 0 Å². The van der Waals surface area contributed by atoms with E-state index in [-0.39, 0.29) is 11.9 Å². The van der Waals surface area contributed by atoms with Crippen LogP contribution in [0.15, 0.2) is 54.7 Å². The van der Waals surface area contributed by atoms with Crippen LogP contribution in [0.1, 0.15) is 30.9 Å². The van der Waals surface area contributed by atoms with Gasteiger partial charge in [0.1, 0.15) is 5.75 Å². The smallest absolute Gasteiger partial charge is 0.237 e. The minimum Gasteiger partial charge on any atom is -0.497 e. The summed E-state index contributed by atoms with van der Waals surface area (Å²) in [6.45, 7) is 7.13. The van der Waals surface area contributed by atoms with E-state index in [4.69, 9.17) is 4.74 Å². The van der Waals surface area contributed by atoms with Gasteiger partial charge in [-0.2, -0.15) is 0 Å². The highest BCUT2D eigenvalue weighted by molar-refractivity contribution is 5.91. The van der Waals surface area contributed by atoms with Crippen molar-refractivity contribution in [1.29, 1.82) is 0 Å². The number of aryl methyl sites for hydroxylation is 1. The molecule has 6 heteroatoms. The van der Waals surface area contributed by atoms with Crippen molar-refractivity contribution in [3.8, 4) is 5.75 Å². The summed E-state index contributed by atoms with van der Waals surface area (Å²) in [4.78, 5) is 24.9. The predicted octanol–water partition coefficient (Wildman–Crippen LogP) is 4.16. The number of pyridine rings is 1. The number of nitrogens with zero attached hydrogens (tertiary/aromatic N) is 4. The number of benzene rings is 2. The molecule has 2 heterocycles. The van der Waals surface area contributed by atoms with E-state index < -0.39 is 0 Å². The van der Waals surface area contributed by atoms with Gasteiger partial charge in [-0.15, -0.1) is 0 Å². The summed E-state index contributed by atoms with van der Waals surface area (Å²) < 4.78 is 5.44. The van der Waals surface area contributed by atoms with Crippen molar-refractivity contribution in [2.45, 2.75) is 38.6 Å². The number of hydrogen-bond acceptors (Lipinski definition) is 5. The van der Waals surface area contributed by atoms with Crippen LogP contribution in [0.4, 0.5) is 5.69 Å². The summed E-state index contributed by atoms with van der Waals surface area (Å²) in [6, 6.07) is 17.1. The third kappa shape index (κ3) is 5.13. The normalized spacial score (nSPS) is 18.3. The minimum absolute atomic E-state index is 0.269. The molecule has 5 rings (SSSR count). The molecule has 6 nitrogen and oxygen atoms in total. The summed E-state index contributed by atoms with van der Waals surface area (Å²) >= 11 is 0. The molecule has 0 N–H and O–H groups in total. The van der Waals surface area contributed by atoms with Crippen LogP contribution < -0.4 is 9.64 Å². The van der Waals surface area contributed by atoms with Crippen LogP contribution in [0.2, 0.25) is 0 Å². The first kappa shape index (κ1) is 23.6. The van der Waals surface area contributed by atoms with Gasteiger partial charge in [0.25, 0.3) is 0 Å². The fourth-order valence-electron chi connectivity index (χ4n) is 5.65. The Kier molecular flexibility index (Phi) is 7.19. The quantitative estimate of drug-likeness (QED) is 0.517. The third-order valence-corrected chi connectivity index (χ3v) is 7.54. The molecule has 35 heavy (non-hydrogen) atoms. The molecule has 1 aliphatic heterocycles. The zero-order valence-electron chi connectivity index (χ0n) is 20.9. The topological polar surface area (TPSA) is 48.9 Å². The van der Waals surface area contributed by atoms with E-state index in [1.165, 1.54) is 22.2 Å². The summed E-state index contributed by atoms with van der Waals surface area (Å²) in [7, 11) is 1.71. The van der Waals surface area contributed by atoms with E-state index in [0.29, 0.717) is 6.54 Å². The lowest BCUT2D eigenvalue weighted by Gasteiger charge is -2.39. The SMILES string of the molecule is CCCN(C(=O)CN1CCN(c2cccc3ncccc23)CC1)C1CCc2ccc(OC)cc2C1. The predicted molar refractivity (Wildman–Crippen MR) is 141 cm³/mol. The lowest BCUT2D eigenvalue weighted by Crippen LogP contribution is -2.52. The van der Waals surface area contributed by atoms with Crippen LogP contribution in [0.25, 0.3) is 10.9 Å². The Hall–Kier alpha value is -3.12. The van der Waals surface area contributed by atoms with E-state index in [9.17, 15) is 4.79 Å². The van der Waals surface area contributed by atoms with Crippen molar-refractivity contribution in [2.75, 3.05) is 51.3 Å². The molecular weight excluding hydrogens is 436 g/mol. The lowest BCUT2D eigenvalue weighted by atomic mass is 9.87. The number of fused-ring (bicyclic) bond motifs is 2. The third-order valence-electron chi connectivity index (χ3n) is 7.54. The van der Waals surface area contributed by atoms with Crippen LogP contribution in [-0.2, 0) is 17.6 Å². The van der Waals surface area contributed by atoms with E-state index in [0.717, 1.165) is 69.7 Å². The number of ether oxygens (including phenoxy) is 1. The van der Waals surface area contributed by atoms with Gasteiger partial charge in [0.2, 0.25) is 5.91 Å². The van der Waals surface area contributed by atoms with Crippen molar-refractivity contribution in [3.05, 3.63) is 65.9 Å². The molecule has 3 aromatic rings. The molecule has 0 saturated carbocycles. The van der Waals surface area contributed by atoms with Crippen molar-refractivity contribution in [2.24, 2.45) is 0 Å². The summed E-state index contributed by atoms with van der Waals surface area (Å²) in [5.41, 5.74) is 4.99. The van der Waals surface area contributed by atoms with Gasteiger partial charge < -0.3 is 14.5 Å². The number of rotatable bonds is 7. The highest BCUT2D eigenvalue weighted by Gasteiger charge is 2.29. The van der Waals surface area contributed by atoms with E-state index in [2.05, 4.69) is 63.0 Å². The number of methoxy groups -OCH3 is 1. The van der Waals surface area contributed by atoms with Crippen LogP contribution in [0.5, 0.6) is 5.75 Å². The molecule has 0 spiro atoms. The molecule has 1 aromatic heterocycles. The average molecular weight is 473 g/mol. The van der Waals surface area contributed by atoms with Gasteiger partial charge in [0, 0.05) is 56.0 Å². The van der Waals surface area contributed by atoms with Crippen LogP contribution in [0, 0.1) is 0 Å². The molecule has 1 aliphatic carbocycles. The second kappa shape index (κ2) is 10.6. The molecule has 1 amide bonds. The molecule has 1 fully saturated rings. The second-order valence-electron chi connectivity index (χ2n) is 9.73. The van der Waals surface area contributed by atoms with Crippen LogP contribution >= 0.6 is 0 Å². The number of piperazine rings is 1. The first-order valence-electron chi connectivity index (χ1n) is 12.9. The second-order valence-corrected chi connectivity index (χ2v) is 9.73. The number of carbonyl (C=O) groups is 1. The van der Waals surface area contributed by atoms with E-state index in [1.807, 2.05) is 18.3 Å². The fourth-order valence-corrected chi connectivity index (χ4v) is 5.65. The molecule has 1 saturated heterocycles. The zero-order chi connectivity index (χ0) is 24.2. The molecule has 2 aliphatic rings. The molecule has 0 radical (unpaired) electrons. The maximum atomic E-state index is 13.5. The Morgan fingerprint density at radius 3 is 2.74 bits per heavy atom. The average Bonchev–Trinajstić information content (AvgIpc) is 2.91. The summed E-state index contributed by atoms with van der Waals surface area (Å²) in [5.74, 6) is 1.17. The monoisotopic (exact) mass is 472 g/mol. The van der Waals surface area contributed by atoms with Crippen molar-refractivity contribution in [1.82, 2.24) is 14.8 Å². The molecular formula is C29H36N4O2. The largest absolute Gasteiger partial charge is 0.497 e. The number of hydrogen-bond donors (Lipinski definition) is 0. The zero-order valence-corrected chi connectivity index (χ0v) is 20.9. The van der Waals surface area contributed by atoms with Gasteiger partial charge in [-0.25, -0.2) is 0 Å². The van der Waals surface area contributed by atoms with Gasteiger partial charge in [-0.1, -0.05) is 19.1 Å². The maximum absolute atomic E-state index is 13.5. The van der Waals surface area contributed by atoms with E-state index in [1.54, 1.807) is 7.11 Å². The summed E-state index contributed by atoms with van der Waals surface area (Å²) in [5, 5.41) is 1.20. The lowest BCUT2D eigenvalue weighted by molar-refractivity contribution is -0.135. The highest BCUT2D eigenvalue weighted by Crippen LogP contribution is 2.29. The molecule has 1 atom stereocenters. The minimum atomic E-state index is 0.269.